The lowest BCUT2D eigenvalue weighted by Gasteiger charge is -2.24. The van der Waals surface area contributed by atoms with Gasteiger partial charge >= 0.3 is 18.2 Å². The Morgan fingerprint density at radius 1 is 0.745 bits per heavy atom. The zero-order valence-corrected chi connectivity index (χ0v) is 31.7. The van der Waals surface area contributed by atoms with Crippen molar-refractivity contribution in [1.82, 2.24) is 20.7 Å². The standard InChI is InChI=1S/C35H45N5O9S2/c1-33(2,3)47-29(42)25(40-51(45,46)24-16-11-10-12-17-24)21-36-28(41)27-19-18-26(50-27)22-14-13-15-23(20-22)37-30(38-31(43)48-34(4,5)6)39-32(44)49-35(7,8)9/h10-20,25,40H,21H2,1-9H3,(H,36,41)(H2,37,38,39,43,44)/t25-/m0/s1. The van der Waals surface area contributed by atoms with Crippen LogP contribution in [-0.2, 0) is 29.0 Å². The summed E-state index contributed by atoms with van der Waals surface area (Å²) in [6, 6.07) is 16.2. The molecule has 0 aliphatic carbocycles. The fourth-order valence-corrected chi connectivity index (χ4v) is 6.17. The number of rotatable bonds is 9. The number of carbonyl (C=O) groups excluding carboxylic acids is 4. The third-order valence-electron chi connectivity index (χ3n) is 5.95. The van der Waals surface area contributed by atoms with Crippen molar-refractivity contribution in [2.24, 2.45) is 4.99 Å². The van der Waals surface area contributed by atoms with E-state index in [1.165, 1.54) is 12.1 Å². The Morgan fingerprint density at radius 3 is 1.86 bits per heavy atom. The van der Waals surface area contributed by atoms with Crippen LogP contribution in [0.5, 0.6) is 0 Å². The Bertz CT molecular complexity index is 1820. The number of esters is 1. The minimum Gasteiger partial charge on any atom is -0.459 e. The summed E-state index contributed by atoms with van der Waals surface area (Å²) >= 11 is 1.14. The Morgan fingerprint density at radius 2 is 1.31 bits per heavy atom. The van der Waals surface area contributed by atoms with Crippen LogP contribution in [-0.4, -0.2) is 67.8 Å². The van der Waals surface area contributed by atoms with E-state index in [0.29, 0.717) is 16.1 Å². The highest BCUT2D eigenvalue weighted by Crippen LogP contribution is 2.30. The molecule has 4 N–H and O–H groups in total. The summed E-state index contributed by atoms with van der Waals surface area (Å²) in [7, 11) is -4.12. The van der Waals surface area contributed by atoms with Crippen LogP contribution in [0.3, 0.4) is 0 Å². The van der Waals surface area contributed by atoms with Crippen molar-refractivity contribution < 1.29 is 41.8 Å². The van der Waals surface area contributed by atoms with Gasteiger partial charge in [0.2, 0.25) is 16.0 Å². The molecule has 0 spiro atoms. The zero-order valence-electron chi connectivity index (χ0n) is 30.1. The van der Waals surface area contributed by atoms with Gasteiger partial charge in [-0.15, -0.1) is 11.3 Å². The molecular weight excluding hydrogens is 699 g/mol. The fraction of sp³-hybridized carbons (Fsp3) is 0.400. The molecule has 14 nitrogen and oxygen atoms in total. The SMILES string of the molecule is CC(C)(C)OC(=O)NC(=Nc1cccc(-c2ccc(C(=O)NC[C@H](NS(=O)(=O)c3ccccc3)C(=O)OC(C)(C)C)s2)c1)NC(=O)OC(C)(C)C. The Balaban J connectivity index is 1.80. The topological polar surface area (TPSA) is 191 Å². The van der Waals surface area contributed by atoms with Gasteiger partial charge < -0.3 is 19.5 Å². The summed E-state index contributed by atoms with van der Waals surface area (Å²) < 4.78 is 44.4. The molecule has 2 aromatic carbocycles. The van der Waals surface area contributed by atoms with Crippen LogP contribution >= 0.6 is 11.3 Å². The lowest BCUT2D eigenvalue weighted by atomic mass is 10.1. The number of benzene rings is 2. The Kier molecular flexibility index (Phi) is 13.1. The van der Waals surface area contributed by atoms with Crippen LogP contribution < -0.4 is 20.7 Å². The lowest BCUT2D eigenvalue weighted by molar-refractivity contribution is -0.156. The number of aliphatic imine (C=N–C) groups is 1. The number of ether oxygens (including phenoxy) is 3. The highest BCUT2D eigenvalue weighted by Gasteiger charge is 2.31. The second-order valence-electron chi connectivity index (χ2n) is 14.2. The number of amides is 3. The maximum atomic E-state index is 13.2. The minimum atomic E-state index is -4.12. The van der Waals surface area contributed by atoms with E-state index in [9.17, 15) is 27.6 Å². The summed E-state index contributed by atoms with van der Waals surface area (Å²) in [6.45, 7) is 14.7. The van der Waals surface area contributed by atoms with Crippen molar-refractivity contribution in [3.63, 3.8) is 0 Å². The van der Waals surface area contributed by atoms with Crippen LogP contribution in [0.1, 0.15) is 72.0 Å². The second-order valence-corrected chi connectivity index (χ2v) is 17.0. The summed E-state index contributed by atoms with van der Waals surface area (Å²) in [5.74, 6) is -1.63. The molecule has 16 heteroatoms. The first kappa shape index (κ1) is 40.6. The molecule has 1 atom stereocenters. The average molecular weight is 744 g/mol. The van der Waals surface area contributed by atoms with E-state index in [1.807, 2.05) is 0 Å². The molecule has 51 heavy (non-hydrogen) atoms. The van der Waals surface area contributed by atoms with Crippen LogP contribution in [0, 0.1) is 0 Å². The normalized spacial score (nSPS) is 12.6. The number of guanidine groups is 1. The number of hydrogen-bond acceptors (Lipinski definition) is 11. The maximum absolute atomic E-state index is 13.2. The van der Waals surface area contributed by atoms with E-state index in [4.69, 9.17) is 14.2 Å². The monoisotopic (exact) mass is 743 g/mol. The van der Waals surface area contributed by atoms with Gasteiger partial charge in [0, 0.05) is 11.4 Å². The van der Waals surface area contributed by atoms with Gasteiger partial charge in [-0.05, 0) is 104 Å². The molecule has 0 saturated carbocycles. The molecule has 0 bridgehead atoms. The van der Waals surface area contributed by atoms with Crippen LogP contribution in [0.4, 0.5) is 15.3 Å². The molecular formula is C35H45N5O9S2. The van der Waals surface area contributed by atoms with E-state index in [2.05, 4.69) is 25.7 Å². The molecule has 1 heterocycles. The zero-order chi connectivity index (χ0) is 38.2. The molecule has 0 aliphatic rings. The quantitative estimate of drug-likeness (QED) is 0.0899. The molecule has 0 saturated heterocycles. The average Bonchev–Trinajstić information content (AvgIpc) is 3.47. The van der Waals surface area contributed by atoms with Crippen LogP contribution in [0.2, 0.25) is 0 Å². The molecule has 3 rings (SSSR count). The van der Waals surface area contributed by atoms with Gasteiger partial charge in [0.15, 0.2) is 0 Å². The summed E-state index contributed by atoms with van der Waals surface area (Å²) in [4.78, 5) is 56.5. The van der Waals surface area contributed by atoms with Gasteiger partial charge in [-0.1, -0.05) is 30.3 Å². The highest BCUT2D eigenvalue weighted by molar-refractivity contribution is 7.89. The van der Waals surface area contributed by atoms with Crippen molar-refractivity contribution >= 4 is 57.1 Å². The van der Waals surface area contributed by atoms with Crippen molar-refractivity contribution in [2.75, 3.05) is 6.54 Å². The van der Waals surface area contributed by atoms with E-state index < -0.39 is 56.9 Å². The third-order valence-corrected chi connectivity index (χ3v) is 8.57. The summed E-state index contributed by atoms with van der Waals surface area (Å²) in [5.41, 5.74) is -1.51. The third kappa shape index (κ3) is 14.2. The molecule has 3 aromatic rings. The Hall–Kier alpha value is -4.80. The number of nitrogens with one attached hydrogen (secondary N) is 4. The van der Waals surface area contributed by atoms with Crippen LogP contribution in [0.15, 0.2) is 76.6 Å². The fourth-order valence-electron chi connectivity index (χ4n) is 4.04. The van der Waals surface area contributed by atoms with Gasteiger partial charge in [-0.3, -0.25) is 20.2 Å². The van der Waals surface area contributed by atoms with Gasteiger partial charge in [0.1, 0.15) is 22.8 Å². The number of hydrogen-bond donors (Lipinski definition) is 4. The molecule has 1 aromatic heterocycles. The molecule has 0 aliphatic heterocycles. The first-order valence-corrected chi connectivity index (χ1v) is 18.2. The summed E-state index contributed by atoms with van der Waals surface area (Å²) in [5, 5.41) is 7.50. The number of alkyl carbamates (subject to hydrolysis) is 2. The molecule has 3 amide bonds. The minimum absolute atomic E-state index is 0.0484. The van der Waals surface area contributed by atoms with E-state index in [1.54, 1.807) is 117 Å². The van der Waals surface area contributed by atoms with Crippen molar-refractivity contribution in [3.8, 4) is 10.4 Å². The number of sulfonamides is 1. The van der Waals surface area contributed by atoms with Crippen molar-refractivity contribution in [3.05, 3.63) is 71.6 Å². The van der Waals surface area contributed by atoms with Gasteiger partial charge in [0.25, 0.3) is 5.91 Å². The lowest BCUT2D eigenvalue weighted by Crippen LogP contribution is -2.50. The molecule has 276 valence electrons. The van der Waals surface area contributed by atoms with Crippen LogP contribution in [0.25, 0.3) is 10.4 Å². The number of nitrogens with zero attached hydrogens (tertiary/aromatic N) is 1. The Labute approximate surface area is 302 Å². The highest BCUT2D eigenvalue weighted by atomic mass is 32.2. The largest absolute Gasteiger partial charge is 0.459 e. The number of carbonyl (C=O) groups is 4. The first-order valence-electron chi connectivity index (χ1n) is 15.9. The van der Waals surface area contributed by atoms with E-state index in [0.717, 1.165) is 11.3 Å². The molecule has 0 fully saturated rings. The van der Waals surface area contributed by atoms with Gasteiger partial charge in [0.05, 0.1) is 15.5 Å². The summed E-state index contributed by atoms with van der Waals surface area (Å²) in [6.07, 6.45) is -1.69. The second kappa shape index (κ2) is 16.5. The van der Waals surface area contributed by atoms with Crippen molar-refractivity contribution in [1.29, 1.82) is 0 Å². The smallest absolute Gasteiger partial charge is 0.414 e. The predicted octanol–water partition coefficient (Wildman–Crippen LogP) is 5.87. The van der Waals surface area contributed by atoms with Gasteiger partial charge in [-0.2, -0.15) is 4.72 Å². The predicted molar refractivity (Wildman–Crippen MR) is 194 cm³/mol. The number of thiophene rings is 1. The maximum Gasteiger partial charge on any atom is 0.414 e. The van der Waals surface area contributed by atoms with E-state index >= 15 is 0 Å². The van der Waals surface area contributed by atoms with Crippen molar-refractivity contribution in [2.45, 2.75) is 90.1 Å². The van der Waals surface area contributed by atoms with Gasteiger partial charge in [-0.25, -0.2) is 23.0 Å². The molecule has 0 radical (unpaired) electrons. The first-order chi connectivity index (χ1) is 23.5. The van der Waals surface area contributed by atoms with E-state index in [-0.39, 0.29) is 22.3 Å². The molecule has 0 unspecified atom stereocenters.